The maximum absolute atomic E-state index is 5.75. The number of rotatable bonds is 3. The van der Waals surface area contributed by atoms with Gasteiger partial charge in [-0.25, -0.2) is 0 Å². The van der Waals surface area contributed by atoms with Gasteiger partial charge in [-0.2, -0.15) is 0 Å². The molecule has 1 aliphatic rings. The third-order valence-corrected chi connectivity index (χ3v) is 3.98. The molecule has 2 heteroatoms. The molecule has 0 spiro atoms. The molecule has 94 valence electrons. The Bertz CT molecular complexity index is 367. The molecule has 0 bridgehead atoms. The van der Waals surface area contributed by atoms with Crippen molar-refractivity contribution in [2.24, 2.45) is 0 Å². The molecule has 1 aromatic carbocycles. The van der Waals surface area contributed by atoms with Gasteiger partial charge >= 0.3 is 0 Å². The highest BCUT2D eigenvalue weighted by atomic mass is 15.2. The minimum atomic E-state index is 0.201. The van der Waals surface area contributed by atoms with Crippen LogP contribution in [0.4, 0.5) is 5.69 Å². The first kappa shape index (κ1) is 12.4. The number of nitrogens with zero attached hydrogens (tertiary/aromatic N) is 1. The number of anilines is 1. The van der Waals surface area contributed by atoms with Gasteiger partial charge in [-0.15, -0.1) is 0 Å². The van der Waals surface area contributed by atoms with E-state index in [1.807, 2.05) is 12.1 Å². The fourth-order valence-corrected chi connectivity index (χ4v) is 2.76. The van der Waals surface area contributed by atoms with Gasteiger partial charge in [0, 0.05) is 23.7 Å². The predicted octanol–water partition coefficient (Wildman–Crippen LogP) is 3.03. The number of nitrogen functional groups attached to an aromatic ring is 1. The molecule has 2 N–H and O–H groups in total. The van der Waals surface area contributed by atoms with Gasteiger partial charge in [-0.1, -0.05) is 26.0 Å². The summed E-state index contributed by atoms with van der Waals surface area (Å²) in [6, 6.07) is 9.07. The summed E-state index contributed by atoms with van der Waals surface area (Å²) >= 11 is 0. The molecule has 1 fully saturated rings. The first-order valence-corrected chi connectivity index (χ1v) is 6.59. The summed E-state index contributed by atoms with van der Waals surface area (Å²) in [7, 11) is 0. The molecule has 1 aromatic rings. The Labute approximate surface area is 105 Å². The minimum Gasteiger partial charge on any atom is -0.399 e. The molecule has 17 heavy (non-hydrogen) atoms. The van der Waals surface area contributed by atoms with Crippen LogP contribution in [0.5, 0.6) is 0 Å². The molecule has 1 aliphatic heterocycles. The standard InChI is InChI=1S/C15H24N2/c1-12-5-4-10-17(12)11-15(2,3)13-6-8-14(16)9-7-13/h6-9,12H,4-5,10-11,16H2,1-3H3. The largest absolute Gasteiger partial charge is 0.399 e. The van der Waals surface area contributed by atoms with E-state index >= 15 is 0 Å². The van der Waals surface area contributed by atoms with Crippen molar-refractivity contribution >= 4 is 5.69 Å². The Hall–Kier alpha value is -1.02. The highest BCUT2D eigenvalue weighted by molar-refractivity contribution is 5.41. The van der Waals surface area contributed by atoms with E-state index in [4.69, 9.17) is 5.73 Å². The second-order valence-corrected chi connectivity index (χ2v) is 5.97. The molecule has 0 aliphatic carbocycles. The van der Waals surface area contributed by atoms with Gasteiger partial charge in [0.2, 0.25) is 0 Å². The van der Waals surface area contributed by atoms with E-state index in [1.54, 1.807) is 0 Å². The molecule has 1 unspecified atom stereocenters. The van der Waals surface area contributed by atoms with Crippen LogP contribution < -0.4 is 5.73 Å². The molecular formula is C15H24N2. The summed E-state index contributed by atoms with van der Waals surface area (Å²) in [5.74, 6) is 0. The highest BCUT2D eigenvalue weighted by Crippen LogP contribution is 2.28. The van der Waals surface area contributed by atoms with Crippen molar-refractivity contribution in [1.82, 2.24) is 4.90 Å². The van der Waals surface area contributed by atoms with Crippen LogP contribution in [0.25, 0.3) is 0 Å². The van der Waals surface area contributed by atoms with Crippen LogP contribution in [0.1, 0.15) is 39.2 Å². The maximum atomic E-state index is 5.75. The van der Waals surface area contributed by atoms with E-state index in [-0.39, 0.29) is 5.41 Å². The Morgan fingerprint density at radius 3 is 2.47 bits per heavy atom. The summed E-state index contributed by atoms with van der Waals surface area (Å²) in [6.07, 6.45) is 2.69. The average molecular weight is 232 g/mol. The third kappa shape index (κ3) is 2.81. The second-order valence-electron chi connectivity index (χ2n) is 5.97. The lowest BCUT2D eigenvalue weighted by molar-refractivity contribution is 0.218. The monoisotopic (exact) mass is 232 g/mol. The second kappa shape index (κ2) is 4.69. The molecular weight excluding hydrogens is 208 g/mol. The number of benzene rings is 1. The highest BCUT2D eigenvalue weighted by Gasteiger charge is 2.28. The average Bonchev–Trinajstić information content (AvgIpc) is 2.64. The van der Waals surface area contributed by atoms with Gasteiger partial charge in [0.15, 0.2) is 0 Å². The van der Waals surface area contributed by atoms with Crippen molar-refractivity contribution < 1.29 is 0 Å². The van der Waals surface area contributed by atoms with E-state index in [1.165, 1.54) is 24.9 Å². The summed E-state index contributed by atoms with van der Waals surface area (Å²) in [4.78, 5) is 2.61. The van der Waals surface area contributed by atoms with Crippen LogP contribution in [0.15, 0.2) is 24.3 Å². The van der Waals surface area contributed by atoms with Crippen LogP contribution in [0.2, 0.25) is 0 Å². The summed E-state index contributed by atoms with van der Waals surface area (Å²) < 4.78 is 0. The molecule has 1 heterocycles. The van der Waals surface area contributed by atoms with E-state index < -0.39 is 0 Å². The minimum absolute atomic E-state index is 0.201. The Morgan fingerprint density at radius 1 is 1.29 bits per heavy atom. The fourth-order valence-electron chi connectivity index (χ4n) is 2.76. The summed E-state index contributed by atoms with van der Waals surface area (Å²) in [6.45, 7) is 9.37. The van der Waals surface area contributed by atoms with Crippen molar-refractivity contribution in [3.05, 3.63) is 29.8 Å². The zero-order valence-corrected chi connectivity index (χ0v) is 11.2. The lowest BCUT2D eigenvalue weighted by Crippen LogP contribution is -2.38. The number of nitrogens with two attached hydrogens (primary N) is 1. The lowest BCUT2D eigenvalue weighted by Gasteiger charge is -2.33. The summed E-state index contributed by atoms with van der Waals surface area (Å²) in [5.41, 5.74) is 8.17. The molecule has 0 saturated carbocycles. The van der Waals surface area contributed by atoms with E-state index in [2.05, 4.69) is 37.8 Å². The zero-order chi connectivity index (χ0) is 12.5. The van der Waals surface area contributed by atoms with Crippen LogP contribution >= 0.6 is 0 Å². The van der Waals surface area contributed by atoms with Gasteiger partial charge in [0.05, 0.1) is 0 Å². The third-order valence-electron chi connectivity index (χ3n) is 3.98. The predicted molar refractivity (Wildman–Crippen MR) is 74.1 cm³/mol. The molecule has 0 radical (unpaired) electrons. The zero-order valence-electron chi connectivity index (χ0n) is 11.2. The van der Waals surface area contributed by atoms with E-state index in [9.17, 15) is 0 Å². The number of hydrogen-bond donors (Lipinski definition) is 1. The smallest absolute Gasteiger partial charge is 0.0314 e. The van der Waals surface area contributed by atoms with Gasteiger partial charge in [0.1, 0.15) is 0 Å². The quantitative estimate of drug-likeness (QED) is 0.812. The molecule has 2 rings (SSSR count). The summed E-state index contributed by atoms with van der Waals surface area (Å²) in [5, 5.41) is 0. The topological polar surface area (TPSA) is 29.3 Å². The van der Waals surface area contributed by atoms with Crippen molar-refractivity contribution in [1.29, 1.82) is 0 Å². The Morgan fingerprint density at radius 2 is 1.94 bits per heavy atom. The van der Waals surface area contributed by atoms with Crippen LogP contribution in [0, 0.1) is 0 Å². The lowest BCUT2D eigenvalue weighted by atomic mass is 9.84. The van der Waals surface area contributed by atoms with Gasteiger partial charge in [-0.3, -0.25) is 4.90 Å². The van der Waals surface area contributed by atoms with Crippen molar-refractivity contribution in [2.45, 2.75) is 45.1 Å². The molecule has 1 atom stereocenters. The van der Waals surface area contributed by atoms with Gasteiger partial charge < -0.3 is 5.73 Å². The number of hydrogen-bond acceptors (Lipinski definition) is 2. The van der Waals surface area contributed by atoms with Crippen LogP contribution in [-0.4, -0.2) is 24.0 Å². The van der Waals surface area contributed by atoms with Gasteiger partial charge in [-0.05, 0) is 44.0 Å². The SMILES string of the molecule is CC1CCCN1CC(C)(C)c1ccc(N)cc1. The normalized spacial score (nSPS) is 21.9. The van der Waals surface area contributed by atoms with Gasteiger partial charge in [0.25, 0.3) is 0 Å². The van der Waals surface area contributed by atoms with Crippen LogP contribution in [0.3, 0.4) is 0 Å². The van der Waals surface area contributed by atoms with Crippen molar-refractivity contribution in [3.8, 4) is 0 Å². The Kier molecular flexibility index (Phi) is 3.43. The number of likely N-dealkylation sites (tertiary alicyclic amines) is 1. The molecule has 1 saturated heterocycles. The molecule has 0 aromatic heterocycles. The molecule has 0 amide bonds. The first-order chi connectivity index (χ1) is 7.99. The van der Waals surface area contributed by atoms with E-state index in [0.717, 1.165) is 18.3 Å². The Balaban J connectivity index is 2.10. The van der Waals surface area contributed by atoms with E-state index in [0.29, 0.717) is 0 Å². The first-order valence-electron chi connectivity index (χ1n) is 6.59. The fraction of sp³-hybridized carbons (Fsp3) is 0.600. The van der Waals surface area contributed by atoms with Crippen LogP contribution in [-0.2, 0) is 5.41 Å². The van der Waals surface area contributed by atoms with Crippen molar-refractivity contribution in [3.63, 3.8) is 0 Å². The van der Waals surface area contributed by atoms with Crippen molar-refractivity contribution in [2.75, 3.05) is 18.8 Å². The molecule has 2 nitrogen and oxygen atoms in total. The maximum Gasteiger partial charge on any atom is 0.0314 e.